The molecule has 3 atom stereocenters. The van der Waals surface area contributed by atoms with Crippen molar-refractivity contribution in [2.24, 2.45) is 0 Å². The Morgan fingerprint density at radius 2 is 1.26 bits per heavy atom. The maximum Gasteiger partial charge on any atom is 0.298 e. The van der Waals surface area contributed by atoms with Crippen LogP contribution in [0.5, 0.6) is 0 Å². The van der Waals surface area contributed by atoms with Crippen LogP contribution in [0, 0.1) is 13.8 Å². The quantitative estimate of drug-likeness (QED) is 0.237. The lowest BCUT2D eigenvalue weighted by Crippen LogP contribution is -2.45. The number of benzene rings is 4. The molecule has 2 N–H and O–H groups in total. The summed E-state index contributed by atoms with van der Waals surface area (Å²) in [6.07, 6.45) is 1.45. The van der Waals surface area contributed by atoms with E-state index in [1.807, 2.05) is 78.9 Å². The highest BCUT2D eigenvalue weighted by Gasteiger charge is 2.62. The highest BCUT2D eigenvalue weighted by molar-refractivity contribution is 8.01. The van der Waals surface area contributed by atoms with Crippen molar-refractivity contribution in [3.05, 3.63) is 108 Å². The van der Waals surface area contributed by atoms with E-state index in [1.54, 1.807) is 19.9 Å². The molecular weight excluding hydrogens is 570 g/mol. The van der Waals surface area contributed by atoms with Crippen LogP contribution >= 0.6 is 15.2 Å². The number of hydrogen-bond donors (Lipinski definition) is 2. The monoisotopic (exact) mass is 599 g/mol. The Kier molecular flexibility index (Phi) is 7.58. The van der Waals surface area contributed by atoms with Crippen molar-refractivity contribution in [3.63, 3.8) is 0 Å². The predicted octanol–water partition coefficient (Wildman–Crippen LogP) is 4.63. The normalized spacial score (nSPS) is 20.3. The Labute approximate surface area is 231 Å². The molecule has 0 amide bonds. The van der Waals surface area contributed by atoms with E-state index < -0.39 is 35.4 Å². The Morgan fingerprint density at radius 3 is 1.79 bits per heavy atom. The van der Waals surface area contributed by atoms with Crippen molar-refractivity contribution in [2.75, 3.05) is 6.16 Å². The zero-order valence-electron chi connectivity index (χ0n) is 21.5. The van der Waals surface area contributed by atoms with Crippen LogP contribution in [0.3, 0.4) is 0 Å². The van der Waals surface area contributed by atoms with Gasteiger partial charge in [0.05, 0.1) is 18.7 Å². The predicted molar refractivity (Wildman–Crippen MR) is 161 cm³/mol. The third-order valence-electron chi connectivity index (χ3n) is 7.27. The first-order chi connectivity index (χ1) is 18.4. The molecular formula is C29H29O6P2S2+. The van der Waals surface area contributed by atoms with E-state index in [0.717, 1.165) is 17.0 Å². The maximum absolute atomic E-state index is 12.7. The van der Waals surface area contributed by atoms with Crippen molar-refractivity contribution >= 4 is 56.6 Å². The van der Waals surface area contributed by atoms with Crippen LogP contribution in [0.25, 0.3) is 0 Å². The highest BCUT2D eigenvalue weighted by Crippen LogP contribution is 2.78. The lowest BCUT2D eigenvalue weighted by Gasteiger charge is -2.47. The van der Waals surface area contributed by atoms with Gasteiger partial charge in [-0.2, -0.15) is 16.8 Å². The van der Waals surface area contributed by atoms with Crippen molar-refractivity contribution in [1.29, 1.82) is 0 Å². The Hall–Kier alpha value is -2.44. The first-order valence-electron chi connectivity index (χ1n) is 12.4. The SMILES string of the molecule is Cc1ccc(P(c2ccccc2)C2CC[P+]2(c2ccccc2)c2ccc(C)cc2S(=O)(=O)O)c(S(=O)(=O)O)c1. The molecule has 1 aliphatic rings. The average Bonchev–Trinajstić information content (AvgIpc) is 2.88. The molecule has 0 aliphatic carbocycles. The van der Waals surface area contributed by atoms with E-state index in [9.17, 15) is 25.9 Å². The molecule has 1 saturated heterocycles. The second kappa shape index (κ2) is 10.5. The minimum atomic E-state index is -4.54. The molecule has 0 aromatic heterocycles. The summed E-state index contributed by atoms with van der Waals surface area (Å²) >= 11 is 0. The summed E-state index contributed by atoms with van der Waals surface area (Å²) < 4.78 is 71.4. The first-order valence-corrected chi connectivity index (χ1v) is 18.7. The highest BCUT2D eigenvalue weighted by atomic mass is 32.2. The second-order valence-electron chi connectivity index (χ2n) is 9.80. The lowest BCUT2D eigenvalue weighted by molar-refractivity contribution is 0.481. The molecule has 0 spiro atoms. The van der Waals surface area contributed by atoms with Gasteiger partial charge in [-0.25, -0.2) is 0 Å². The fraction of sp³-hybridized carbons (Fsp3) is 0.172. The topological polar surface area (TPSA) is 109 Å². The minimum absolute atomic E-state index is 0.0914. The van der Waals surface area contributed by atoms with Crippen molar-refractivity contribution in [1.82, 2.24) is 0 Å². The average molecular weight is 600 g/mol. The summed E-state index contributed by atoms with van der Waals surface area (Å²) in [7, 11) is -13.0. The van der Waals surface area contributed by atoms with Gasteiger partial charge in [-0.05, 0) is 60.6 Å². The van der Waals surface area contributed by atoms with Crippen LogP contribution < -0.4 is 21.2 Å². The van der Waals surface area contributed by atoms with E-state index in [0.29, 0.717) is 27.9 Å². The van der Waals surface area contributed by atoms with Gasteiger partial charge in [-0.15, -0.1) is 0 Å². The summed E-state index contributed by atoms with van der Waals surface area (Å²) in [5.41, 5.74) is 1.42. The molecule has 10 heteroatoms. The van der Waals surface area contributed by atoms with Gasteiger partial charge in [0.15, 0.2) is 0 Å². The molecule has 4 aromatic carbocycles. The Balaban J connectivity index is 1.85. The first kappa shape index (κ1) is 28.1. The fourth-order valence-corrected chi connectivity index (χ4v) is 18.3. The molecule has 0 bridgehead atoms. The molecule has 6 nitrogen and oxygen atoms in total. The van der Waals surface area contributed by atoms with E-state index in [1.165, 1.54) is 12.1 Å². The molecule has 202 valence electrons. The molecule has 5 rings (SSSR count). The van der Waals surface area contributed by atoms with Gasteiger partial charge in [-0.3, -0.25) is 9.11 Å². The molecule has 39 heavy (non-hydrogen) atoms. The smallest absolute Gasteiger partial charge is 0.282 e. The van der Waals surface area contributed by atoms with Gasteiger partial charge in [0.25, 0.3) is 20.2 Å². The van der Waals surface area contributed by atoms with Crippen LogP contribution in [0.15, 0.2) is 107 Å². The Bertz CT molecular complexity index is 1740. The molecule has 3 unspecified atom stereocenters. The van der Waals surface area contributed by atoms with Crippen molar-refractivity contribution in [2.45, 2.75) is 35.5 Å². The standard InChI is InChI=1S/C29H28O6P2S2/c1-21-13-15-25(27(19-21)38(30,31)32)36(23-9-5-3-6-10-23)29-17-18-37(29,24-11-7-4-8-12-24)26-16-14-22(2)20-28(26)39(33,34)35/h3-16,19-20,29H,17-18H2,1-2H3,(H-,30,31,32,33,34,35)/p+1. The zero-order valence-corrected chi connectivity index (χ0v) is 24.9. The Morgan fingerprint density at radius 1 is 0.718 bits per heavy atom. The van der Waals surface area contributed by atoms with Crippen molar-refractivity contribution in [3.8, 4) is 0 Å². The van der Waals surface area contributed by atoms with Crippen molar-refractivity contribution < 1.29 is 25.9 Å². The largest absolute Gasteiger partial charge is 0.298 e. The molecule has 0 saturated carbocycles. The minimum Gasteiger partial charge on any atom is -0.282 e. The van der Waals surface area contributed by atoms with Crippen LogP contribution in [-0.4, -0.2) is 37.5 Å². The van der Waals surface area contributed by atoms with E-state index in [4.69, 9.17) is 0 Å². The number of rotatable bonds is 7. The summed E-state index contributed by atoms with van der Waals surface area (Å²) in [6, 6.07) is 29.7. The summed E-state index contributed by atoms with van der Waals surface area (Å²) in [5, 5.41) is 2.95. The summed E-state index contributed by atoms with van der Waals surface area (Å²) in [5.74, 6) is 0. The lowest BCUT2D eigenvalue weighted by atomic mass is 10.2. The number of aryl methyl sites for hydroxylation is 2. The van der Waals surface area contributed by atoms with Crippen LogP contribution in [-0.2, 0) is 20.2 Å². The third kappa shape index (κ3) is 5.22. The van der Waals surface area contributed by atoms with E-state index in [-0.39, 0.29) is 15.2 Å². The zero-order chi connectivity index (χ0) is 28.0. The van der Waals surface area contributed by atoms with Gasteiger partial charge in [-0.1, -0.05) is 66.7 Å². The molecule has 1 fully saturated rings. The van der Waals surface area contributed by atoms with E-state index in [2.05, 4.69) is 0 Å². The van der Waals surface area contributed by atoms with E-state index >= 15 is 0 Å². The van der Waals surface area contributed by atoms with Gasteiger partial charge in [0.2, 0.25) is 0 Å². The fourth-order valence-electron chi connectivity index (χ4n) is 5.49. The van der Waals surface area contributed by atoms with Gasteiger partial charge in [0, 0.05) is 19.6 Å². The molecule has 0 radical (unpaired) electrons. The maximum atomic E-state index is 12.7. The summed E-state index contributed by atoms with van der Waals surface area (Å²) in [4.78, 5) is -0.208. The third-order valence-corrected chi connectivity index (χ3v) is 18.6. The second-order valence-corrected chi connectivity index (χ2v) is 19.2. The van der Waals surface area contributed by atoms with Crippen LogP contribution in [0.2, 0.25) is 0 Å². The van der Waals surface area contributed by atoms with Crippen LogP contribution in [0.4, 0.5) is 0 Å². The van der Waals surface area contributed by atoms with Crippen LogP contribution in [0.1, 0.15) is 17.5 Å². The number of hydrogen-bond acceptors (Lipinski definition) is 4. The van der Waals surface area contributed by atoms with Gasteiger partial charge in [0.1, 0.15) is 20.5 Å². The van der Waals surface area contributed by atoms with Gasteiger partial charge < -0.3 is 0 Å². The summed E-state index contributed by atoms with van der Waals surface area (Å²) in [6.45, 7) is 3.56. The molecule has 1 aliphatic heterocycles. The van der Waals surface area contributed by atoms with Gasteiger partial charge >= 0.3 is 0 Å². The molecule has 1 heterocycles. The molecule has 4 aromatic rings.